The van der Waals surface area contributed by atoms with Crippen molar-refractivity contribution in [2.24, 2.45) is 0 Å². The van der Waals surface area contributed by atoms with E-state index in [4.69, 9.17) is 0 Å². The molecule has 0 bridgehead atoms. The van der Waals surface area contributed by atoms with Gasteiger partial charge in [-0.25, -0.2) is 0 Å². The van der Waals surface area contributed by atoms with Gasteiger partial charge >= 0.3 is 0 Å². The van der Waals surface area contributed by atoms with E-state index in [1.807, 2.05) is 0 Å². The lowest BCUT2D eigenvalue weighted by Gasteiger charge is -2.27. The lowest BCUT2D eigenvalue weighted by Crippen LogP contribution is -2.10. The van der Waals surface area contributed by atoms with E-state index in [9.17, 15) is 0 Å². The SMILES string of the molecule is c1ccc(-c2ccc(-n3c4ccccc4c4c(N(c5ccccc5)c5ccc(-n6c7ccccc7c7ccccc76)cc5)cccc43)cc2)cc1. The molecule has 0 amide bonds. The third-order valence-electron chi connectivity index (χ3n) is 10.1. The van der Waals surface area contributed by atoms with Crippen LogP contribution in [0.4, 0.5) is 17.1 Å². The monoisotopic (exact) mass is 651 g/mol. The molecule has 3 nitrogen and oxygen atoms in total. The Hall–Kier alpha value is -6.84. The highest BCUT2D eigenvalue weighted by molar-refractivity contribution is 6.16. The Kier molecular flexibility index (Phi) is 6.81. The standard InChI is InChI=1S/C48H33N3/c1-3-14-34(15-4-1)35-26-28-38(29-27-35)51-45-23-12-9-20-42(45)48-46(24-13-25-47(48)51)49(36-16-5-2-6-17-36)37-30-32-39(33-31-37)50-43-21-10-7-18-40(43)41-19-8-11-22-44(41)50/h1-33H. The molecule has 0 spiro atoms. The molecule has 0 radical (unpaired) electrons. The van der Waals surface area contributed by atoms with Gasteiger partial charge in [0.2, 0.25) is 0 Å². The molecule has 8 aromatic carbocycles. The van der Waals surface area contributed by atoms with Crippen molar-refractivity contribution >= 4 is 60.7 Å². The summed E-state index contributed by atoms with van der Waals surface area (Å²) in [6, 6.07) is 72.0. The Morgan fingerprint density at radius 2 is 0.725 bits per heavy atom. The topological polar surface area (TPSA) is 13.1 Å². The molecule has 0 aliphatic rings. The van der Waals surface area contributed by atoms with Crippen LogP contribution in [0.25, 0.3) is 66.1 Å². The molecule has 0 aliphatic carbocycles. The fourth-order valence-corrected chi connectivity index (χ4v) is 7.85. The first-order chi connectivity index (χ1) is 25.3. The van der Waals surface area contributed by atoms with E-state index in [0.29, 0.717) is 0 Å². The summed E-state index contributed by atoms with van der Waals surface area (Å²) < 4.78 is 4.77. The van der Waals surface area contributed by atoms with Crippen molar-refractivity contribution in [1.29, 1.82) is 0 Å². The van der Waals surface area contributed by atoms with Crippen molar-refractivity contribution < 1.29 is 0 Å². The number of aromatic nitrogens is 2. The van der Waals surface area contributed by atoms with Gasteiger partial charge in [0.25, 0.3) is 0 Å². The van der Waals surface area contributed by atoms with Crippen molar-refractivity contribution in [2.45, 2.75) is 0 Å². The summed E-state index contributed by atoms with van der Waals surface area (Å²) in [5.41, 5.74) is 12.8. The fraction of sp³-hybridized carbons (Fsp3) is 0. The summed E-state index contributed by atoms with van der Waals surface area (Å²) in [5.74, 6) is 0. The molecule has 51 heavy (non-hydrogen) atoms. The molecule has 0 aliphatic heterocycles. The molecule has 0 saturated heterocycles. The quantitative estimate of drug-likeness (QED) is 0.174. The number of rotatable bonds is 6. The highest BCUT2D eigenvalue weighted by atomic mass is 15.1. The Bertz CT molecular complexity index is 2770. The predicted octanol–water partition coefficient (Wildman–Crippen LogP) is 13.0. The molecule has 240 valence electrons. The zero-order chi connectivity index (χ0) is 33.7. The molecule has 0 N–H and O–H groups in total. The summed E-state index contributed by atoms with van der Waals surface area (Å²) in [6.45, 7) is 0. The number of benzene rings is 8. The third-order valence-corrected chi connectivity index (χ3v) is 10.1. The van der Waals surface area contributed by atoms with Crippen LogP contribution in [-0.4, -0.2) is 9.13 Å². The Labute approximate surface area is 296 Å². The van der Waals surface area contributed by atoms with Crippen molar-refractivity contribution in [1.82, 2.24) is 9.13 Å². The highest BCUT2D eigenvalue weighted by Gasteiger charge is 2.21. The summed E-state index contributed by atoms with van der Waals surface area (Å²) in [6.07, 6.45) is 0. The number of para-hydroxylation sites is 4. The zero-order valence-corrected chi connectivity index (χ0v) is 27.9. The number of hydrogen-bond acceptors (Lipinski definition) is 1. The number of nitrogens with zero attached hydrogens (tertiary/aromatic N) is 3. The normalized spacial score (nSPS) is 11.5. The largest absolute Gasteiger partial charge is 0.310 e. The number of hydrogen-bond donors (Lipinski definition) is 0. The van der Waals surface area contributed by atoms with Crippen LogP contribution in [0.1, 0.15) is 0 Å². The van der Waals surface area contributed by atoms with Gasteiger partial charge in [-0.2, -0.15) is 0 Å². The van der Waals surface area contributed by atoms with E-state index in [2.05, 4.69) is 214 Å². The predicted molar refractivity (Wildman–Crippen MR) is 215 cm³/mol. The van der Waals surface area contributed by atoms with Crippen molar-refractivity contribution in [3.63, 3.8) is 0 Å². The van der Waals surface area contributed by atoms with E-state index < -0.39 is 0 Å². The van der Waals surface area contributed by atoms with E-state index in [-0.39, 0.29) is 0 Å². The minimum Gasteiger partial charge on any atom is -0.310 e. The van der Waals surface area contributed by atoms with E-state index in [1.54, 1.807) is 0 Å². The molecular formula is C48H33N3. The second-order valence-corrected chi connectivity index (χ2v) is 13.0. The van der Waals surface area contributed by atoms with Gasteiger partial charge in [0.1, 0.15) is 0 Å². The number of anilines is 3. The van der Waals surface area contributed by atoms with E-state index >= 15 is 0 Å². The molecular weight excluding hydrogens is 619 g/mol. The Morgan fingerprint density at radius 3 is 1.35 bits per heavy atom. The molecule has 0 atom stereocenters. The van der Waals surface area contributed by atoms with Gasteiger partial charge in [0, 0.05) is 44.3 Å². The maximum absolute atomic E-state index is 2.40. The first-order valence-corrected chi connectivity index (χ1v) is 17.5. The summed E-state index contributed by atoms with van der Waals surface area (Å²) in [4.78, 5) is 2.40. The van der Waals surface area contributed by atoms with Crippen LogP contribution in [0.5, 0.6) is 0 Å². The van der Waals surface area contributed by atoms with Crippen LogP contribution in [-0.2, 0) is 0 Å². The van der Waals surface area contributed by atoms with Gasteiger partial charge in [0.05, 0.1) is 27.8 Å². The second kappa shape index (κ2) is 11.9. The summed E-state index contributed by atoms with van der Waals surface area (Å²) in [5, 5.41) is 4.97. The van der Waals surface area contributed by atoms with Gasteiger partial charge in [-0.3, -0.25) is 0 Å². The van der Waals surface area contributed by atoms with Crippen LogP contribution in [0.2, 0.25) is 0 Å². The smallest absolute Gasteiger partial charge is 0.0562 e. The van der Waals surface area contributed by atoms with Gasteiger partial charge in [-0.15, -0.1) is 0 Å². The summed E-state index contributed by atoms with van der Waals surface area (Å²) in [7, 11) is 0. The molecule has 2 aromatic heterocycles. The third kappa shape index (κ3) is 4.74. The average Bonchev–Trinajstić information content (AvgIpc) is 3.73. The minimum atomic E-state index is 1.10. The zero-order valence-electron chi connectivity index (χ0n) is 27.9. The Morgan fingerprint density at radius 1 is 0.294 bits per heavy atom. The first-order valence-electron chi connectivity index (χ1n) is 17.5. The van der Waals surface area contributed by atoms with Crippen LogP contribution >= 0.6 is 0 Å². The molecule has 10 aromatic rings. The lowest BCUT2D eigenvalue weighted by atomic mass is 10.1. The van der Waals surface area contributed by atoms with Gasteiger partial charge < -0.3 is 14.0 Å². The Balaban J connectivity index is 1.15. The maximum atomic E-state index is 2.40. The molecule has 10 rings (SSSR count). The molecule has 0 unspecified atom stereocenters. The number of fused-ring (bicyclic) bond motifs is 6. The van der Waals surface area contributed by atoms with Crippen LogP contribution in [0, 0.1) is 0 Å². The molecule has 2 heterocycles. The van der Waals surface area contributed by atoms with E-state index in [1.165, 1.54) is 54.7 Å². The average molecular weight is 652 g/mol. The van der Waals surface area contributed by atoms with Crippen molar-refractivity contribution in [3.05, 3.63) is 200 Å². The van der Waals surface area contributed by atoms with Crippen molar-refractivity contribution in [3.8, 4) is 22.5 Å². The highest BCUT2D eigenvalue weighted by Crippen LogP contribution is 2.44. The molecule has 0 saturated carbocycles. The second-order valence-electron chi connectivity index (χ2n) is 13.0. The maximum Gasteiger partial charge on any atom is 0.0562 e. The lowest BCUT2D eigenvalue weighted by molar-refractivity contribution is 1.17. The van der Waals surface area contributed by atoms with Gasteiger partial charge in [0.15, 0.2) is 0 Å². The van der Waals surface area contributed by atoms with E-state index in [0.717, 1.165) is 28.4 Å². The minimum absolute atomic E-state index is 1.10. The van der Waals surface area contributed by atoms with Crippen LogP contribution in [0.3, 0.4) is 0 Å². The van der Waals surface area contributed by atoms with Gasteiger partial charge in [-0.1, -0.05) is 121 Å². The van der Waals surface area contributed by atoms with Crippen LogP contribution < -0.4 is 4.90 Å². The molecule has 0 fully saturated rings. The molecule has 3 heteroatoms. The fourth-order valence-electron chi connectivity index (χ4n) is 7.85. The first kappa shape index (κ1) is 29.1. The van der Waals surface area contributed by atoms with Gasteiger partial charge in [-0.05, 0) is 90.0 Å². The van der Waals surface area contributed by atoms with Crippen LogP contribution in [0.15, 0.2) is 200 Å². The summed E-state index contributed by atoms with van der Waals surface area (Å²) >= 11 is 0. The van der Waals surface area contributed by atoms with Crippen molar-refractivity contribution in [2.75, 3.05) is 4.90 Å².